The number of ether oxygens (including phenoxy) is 5. The number of aliphatic hydroxyl groups excluding tert-OH is 1. The van der Waals surface area contributed by atoms with Crippen molar-refractivity contribution in [3.05, 3.63) is 71.8 Å². The van der Waals surface area contributed by atoms with Gasteiger partial charge in [-0.15, -0.1) is 0 Å². The van der Waals surface area contributed by atoms with Crippen molar-refractivity contribution in [2.75, 3.05) is 6.61 Å². The second-order valence-electron chi connectivity index (χ2n) is 13.4. The number of hydrogen-bond donors (Lipinski definition) is 1. The maximum Gasteiger partial charge on any atom is 0.340 e. The van der Waals surface area contributed by atoms with Gasteiger partial charge in [-0.1, -0.05) is 25.5 Å². The summed E-state index contributed by atoms with van der Waals surface area (Å²) in [6.45, 7) is 8.41. The second-order valence-corrected chi connectivity index (χ2v) is 13.4. The van der Waals surface area contributed by atoms with Gasteiger partial charge in [-0.05, 0) is 44.5 Å². The lowest BCUT2D eigenvalue weighted by Crippen LogP contribution is -2.81. The van der Waals surface area contributed by atoms with Gasteiger partial charge < -0.3 is 28.8 Å². The lowest BCUT2D eigenvalue weighted by molar-refractivity contribution is -0.369. The quantitative estimate of drug-likeness (QED) is 0.291. The molecule has 1 spiro atoms. The van der Waals surface area contributed by atoms with Crippen molar-refractivity contribution in [3.8, 4) is 0 Å². The Kier molecular flexibility index (Phi) is 7.79. The second kappa shape index (κ2) is 11.3. The van der Waals surface area contributed by atoms with Crippen LogP contribution in [0.5, 0.6) is 0 Å². The van der Waals surface area contributed by atoms with Gasteiger partial charge in [0.2, 0.25) is 0 Å². The van der Waals surface area contributed by atoms with Crippen molar-refractivity contribution in [1.82, 2.24) is 9.97 Å². The first-order chi connectivity index (χ1) is 21.7. The number of carbonyl (C=O) groups is 4. The topological polar surface area (TPSA) is 160 Å². The molecular weight excluding hydrogens is 596 g/mol. The van der Waals surface area contributed by atoms with Crippen molar-refractivity contribution in [3.63, 3.8) is 0 Å². The van der Waals surface area contributed by atoms with Gasteiger partial charge in [0.15, 0.2) is 12.2 Å². The van der Waals surface area contributed by atoms with Crippen molar-refractivity contribution >= 4 is 23.9 Å². The Bertz CT molecular complexity index is 1580. The summed E-state index contributed by atoms with van der Waals surface area (Å²) in [6.07, 6.45) is 3.46. The summed E-state index contributed by atoms with van der Waals surface area (Å²) >= 11 is 0. The number of aromatic nitrogens is 2. The summed E-state index contributed by atoms with van der Waals surface area (Å²) in [6, 6.07) is 6.36. The van der Waals surface area contributed by atoms with Crippen LogP contribution in [-0.4, -0.2) is 81.2 Å². The molecule has 0 aromatic carbocycles. The number of carbonyl (C=O) groups excluding carboxylic acids is 4. The molecule has 244 valence electrons. The zero-order valence-electron chi connectivity index (χ0n) is 26.4. The monoisotopic (exact) mass is 634 g/mol. The van der Waals surface area contributed by atoms with Gasteiger partial charge in [0, 0.05) is 54.9 Å². The lowest BCUT2D eigenvalue weighted by atomic mass is 9.41. The zero-order chi connectivity index (χ0) is 33.1. The highest BCUT2D eigenvalue weighted by Crippen LogP contribution is 2.69. The number of cyclic esters (lactones) is 1. The number of nitrogens with zero attached hydrogens (tertiary/aromatic N) is 2. The Hall–Kier alpha value is -4.16. The third-order valence-corrected chi connectivity index (χ3v) is 10.9. The van der Waals surface area contributed by atoms with Crippen LogP contribution in [0.3, 0.4) is 0 Å². The van der Waals surface area contributed by atoms with E-state index in [0.717, 1.165) is 5.57 Å². The molecule has 0 radical (unpaired) electrons. The van der Waals surface area contributed by atoms with E-state index in [1.54, 1.807) is 31.2 Å². The molecule has 12 nitrogen and oxygen atoms in total. The molecule has 46 heavy (non-hydrogen) atoms. The summed E-state index contributed by atoms with van der Waals surface area (Å²) in [7, 11) is 0. The molecule has 4 aliphatic rings. The highest BCUT2D eigenvalue weighted by Gasteiger charge is 2.79. The summed E-state index contributed by atoms with van der Waals surface area (Å²) < 4.78 is 31.1. The number of pyridine rings is 2. The van der Waals surface area contributed by atoms with Crippen molar-refractivity contribution in [1.29, 1.82) is 0 Å². The predicted octanol–water partition coefficient (Wildman–Crippen LogP) is 3.38. The Labute approximate surface area is 266 Å². The summed E-state index contributed by atoms with van der Waals surface area (Å²) in [4.78, 5) is 60.9. The van der Waals surface area contributed by atoms with Crippen LogP contribution in [0, 0.1) is 16.7 Å². The van der Waals surface area contributed by atoms with E-state index in [1.165, 1.54) is 31.7 Å². The fourth-order valence-corrected chi connectivity index (χ4v) is 8.49. The van der Waals surface area contributed by atoms with Crippen LogP contribution in [0.2, 0.25) is 0 Å². The van der Waals surface area contributed by atoms with E-state index in [-0.39, 0.29) is 37.0 Å². The molecule has 2 aliphatic carbocycles. The van der Waals surface area contributed by atoms with E-state index in [2.05, 4.69) is 9.97 Å². The molecule has 2 saturated heterocycles. The molecule has 2 aromatic heterocycles. The average molecular weight is 635 g/mol. The molecule has 2 aliphatic heterocycles. The van der Waals surface area contributed by atoms with Crippen molar-refractivity contribution < 1.29 is 48.0 Å². The molecule has 3 fully saturated rings. The predicted molar refractivity (Wildman–Crippen MR) is 159 cm³/mol. The number of esters is 4. The van der Waals surface area contributed by atoms with E-state index < -0.39 is 76.2 Å². The SMILES string of the molecule is CC(=O)O[C@H]1[C@H](OC(=O)c2cccnc2)[C@@]2(C)C(C)=CC[C@@H](O)[C@@H]2[C@@]2(C)[C@@H](OC(=O)c3cccnc3)C[C@@]3(COC(=O)C3)O[C@@]12C. The molecule has 6 rings (SSSR count). The van der Waals surface area contributed by atoms with Crippen LogP contribution >= 0.6 is 0 Å². The molecule has 4 heterocycles. The Morgan fingerprint density at radius 3 is 2.13 bits per heavy atom. The fourth-order valence-electron chi connectivity index (χ4n) is 8.49. The van der Waals surface area contributed by atoms with E-state index in [1.807, 2.05) is 26.8 Å². The van der Waals surface area contributed by atoms with Gasteiger partial charge in [-0.25, -0.2) is 9.59 Å². The van der Waals surface area contributed by atoms with Crippen LogP contribution in [-0.2, 0) is 33.3 Å². The van der Waals surface area contributed by atoms with Gasteiger partial charge in [-0.2, -0.15) is 0 Å². The standard InChI is InChI=1S/C34H38N2O10/c1-19-10-11-23(38)26-31(19,3)27(45-30(41)22-9-7-13-36-17-22)28(43-20(2)37)33(5)32(26,4)24(14-34(46-33)15-25(39)42-18-34)44-29(40)21-8-6-12-35-16-21/h6-10,12-13,16-17,23-24,26-28,38H,11,14-15,18H2,1-5H3/t23-,24+,26+,27+,28+,31+,32-,33+,34-/m1/s1. The minimum absolute atomic E-state index is 0.0613. The van der Waals surface area contributed by atoms with Gasteiger partial charge in [0.25, 0.3) is 0 Å². The lowest BCUT2D eigenvalue weighted by Gasteiger charge is -2.71. The first kappa shape index (κ1) is 31.8. The van der Waals surface area contributed by atoms with E-state index in [9.17, 15) is 24.3 Å². The molecule has 12 heteroatoms. The van der Waals surface area contributed by atoms with Gasteiger partial charge in [-0.3, -0.25) is 19.6 Å². The van der Waals surface area contributed by atoms with E-state index in [4.69, 9.17) is 23.7 Å². The van der Waals surface area contributed by atoms with Crippen LogP contribution < -0.4 is 0 Å². The highest BCUT2D eigenvalue weighted by atomic mass is 16.6. The minimum Gasteiger partial charge on any atom is -0.462 e. The molecule has 2 aromatic rings. The third-order valence-electron chi connectivity index (χ3n) is 10.9. The molecule has 0 unspecified atom stereocenters. The molecule has 9 atom stereocenters. The van der Waals surface area contributed by atoms with Crippen molar-refractivity contribution in [2.24, 2.45) is 16.7 Å². The maximum absolute atomic E-state index is 13.7. The Morgan fingerprint density at radius 1 is 0.957 bits per heavy atom. The number of rotatable bonds is 5. The first-order valence-corrected chi connectivity index (χ1v) is 15.4. The summed E-state index contributed by atoms with van der Waals surface area (Å²) in [5.74, 6) is -3.28. The van der Waals surface area contributed by atoms with E-state index in [0.29, 0.717) is 0 Å². The fraction of sp³-hybridized carbons (Fsp3) is 0.529. The minimum atomic E-state index is -1.59. The van der Waals surface area contributed by atoms with Crippen molar-refractivity contribution in [2.45, 2.75) is 89.5 Å². The van der Waals surface area contributed by atoms with Crippen LogP contribution in [0.4, 0.5) is 0 Å². The molecule has 0 bridgehead atoms. The number of hydrogen-bond acceptors (Lipinski definition) is 12. The van der Waals surface area contributed by atoms with Gasteiger partial charge in [0.1, 0.15) is 23.9 Å². The molecule has 1 saturated carbocycles. The average Bonchev–Trinajstić information content (AvgIpc) is 3.38. The molecular formula is C34H38N2O10. The van der Waals surface area contributed by atoms with Gasteiger partial charge >= 0.3 is 23.9 Å². The highest BCUT2D eigenvalue weighted by molar-refractivity contribution is 5.89. The zero-order valence-corrected chi connectivity index (χ0v) is 26.4. The summed E-state index contributed by atoms with van der Waals surface area (Å²) in [5, 5.41) is 11.9. The third kappa shape index (κ3) is 4.80. The normalized spacial score (nSPS) is 38.1. The number of aliphatic hydroxyl groups is 1. The van der Waals surface area contributed by atoms with Crippen LogP contribution in [0.1, 0.15) is 74.6 Å². The Balaban J connectivity index is 1.56. The molecule has 0 amide bonds. The maximum atomic E-state index is 13.7. The number of fused-ring (bicyclic) bond motifs is 3. The summed E-state index contributed by atoms with van der Waals surface area (Å²) in [5.41, 5.74) is -4.08. The Morgan fingerprint density at radius 2 is 1.59 bits per heavy atom. The van der Waals surface area contributed by atoms with Gasteiger partial charge in [0.05, 0.1) is 23.7 Å². The first-order valence-electron chi connectivity index (χ1n) is 15.4. The van der Waals surface area contributed by atoms with Crippen LogP contribution in [0.15, 0.2) is 60.7 Å². The molecule has 1 N–H and O–H groups in total. The smallest absolute Gasteiger partial charge is 0.340 e. The van der Waals surface area contributed by atoms with E-state index >= 15 is 0 Å². The van der Waals surface area contributed by atoms with Crippen LogP contribution in [0.25, 0.3) is 0 Å². The largest absolute Gasteiger partial charge is 0.462 e.